The van der Waals surface area contributed by atoms with Crippen molar-refractivity contribution in [1.82, 2.24) is 29.9 Å². The minimum absolute atomic E-state index is 0.170. The van der Waals surface area contributed by atoms with Crippen LogP contribution in [-0.4, -0.2) is 43.2 Å². The molecule has 8 nitrogen and oxygen atoms in total. The zero-order valence-electron chi connectivity index (χ0n) is 17.1. The fourth-order valence-corrected chi connectivity index (χ4v) is 3.76. The van der Waals surface area contributed by atoms with Crippen LogP contribution in [-0.2, 0) is 11.8 Å². The summed E-state index contributed by atoms with van der Waals surface area (Å²) in [5.41, 5.74) is 6.10. The molecule has 4 aromatic heterocycles. The van der Waals surface area contributed by atoms with Crippen molar-refractivity contribution in [1.29, 1.82) is 0 Å². The largest absolute Gasteiger partial charge is 0.489 e. The van der Waals surface area contributed by atoms with Crippen LogP contribution in [0.4, 0.5) is 0 Å². The molecule has 1 N–H and O–H groups in total. The maximum atomic E-state index is 6.06. The van der Waals surface area contributed by atoms with Crippen LogP contribution in [0, 0.1) is 6.92 Å². The Morgan fingerprint density at radius 1 is 1.13 bits per heavy atom. The van der Waals surface area contributed by atoms with Crippen molar-refractivity contribution in [3.63, 3.8) is 0 Å². The highest BCUT2D eigenvalue weighted by Gasteiger charge is 2.20. The smallest absolute Gasteiger partial charge is 0.145 e. The number of H-pyrrole nitrogens is 1. The highest BCUT2D eigenvalue weighted by molar-refractivity contribution is 5.91. The van der Waals surface area contributed by atoms with Gasteiger partial charge in [0.1, 0.15) is 18.1 Å². The highest BCUT2D eigenvalue weighted by atomic mass is 16.5. The number of nitrogens with one attached hydrogen (secondary N) is 1. The van der Waals surface area contributed by atoms with Crippen LogP contribution in [0.25, 0.3) is 34.3 Å². The summed E-state index contributed by atoms with van der Waals surface area (Å²) in [5.74, 6) is 0.714. The van der Waals surface area contributed by atoms with Crippen molar-refractivity contribution in [3.8, 4) is 17.0 Å². The Kier molecular flexibility index (Phi) is 4.55. The van der Waals surface area contributed by atoms with Crippen molar-refractivity contribution in [3.05, 3.63) is 53.4 Å². The van der Waals surface area contributed by atoms with Crippen LogP contribution in [0.1, 0.15) is 35.8 Å². The molecule has 30 heavy (non-hydrogen) atoms. The Morgan fingerprint density at radius 3 is 2.90 bits per heavy atom. The highest BCUT2D eigenvalue weighted by Crippen LogP contribution is 2.31. The summed E-state index contributed by atoms with van der Waals surface area (Å²) in [5, 5.41) is 12.9. The predicted octanol–water partition coefficient (Wildman–Crippen LogP) is 3.70. The number of aryl methyl sites for hydroxylation is 2. The predicted molar refractivity (Wildman–Crippen MR) is 114 cm³/mol. The third kappa shape index (κ3) is 3.25. The molecule has 4 aromatic rings. The fourth-order valence-electron chi connectivity index (χ4n) is 3.76. The molecule has 1 atom stereocenters. The summed E-state index contributed by atoms with van der Waals surface area (Å²) in [6.45, 7) is 4.83. The van der Waals surface area contributed by atoms with Crippen LogP contribution in [0.2, 0.25) is 0 Å². The van der Waals surface area contributed by atoms with E-state index in [0.29, 0.717) is 19.0 Å². The second kappa shape index (κ2) is 7.38. The van der Waals surface area contributed by atoms with Gasteiger partial charge in [0.15, 0.2) is 0 Å². The number of ether oxygens (including phenoxy) is 2. The van der Waals surface area contributed by atoms with Gasteiger partial charge in [-0.3, -0.25) is 14.8 Å². The standard InChI is InChI=1S/C22H22N6O2/c1-13-4-7-21-18(25-13)6-5-17-15-10-19(23-12-20(15)27-26-17)16-11-24-28(3)22(16)14(2)29-8-9-30-21/h4-7,10-12,14H,8-9H2,1-3H3,(H,26,27)/b6-5+/t14-/m1/s1. The van der Waals surface area contributed by atoms with E-state index in [9.17, 15) is 0 Å². The van der Waals surface area contributed by atoms with Crippen LogP contribution in [0.5, 0.6) is 5.75 Å². The van der Waals surface area contributed by atoms with E-state index >= 15 is 0 Å². The normalized spacial score (nSPS) is 17.6. The Morgan fingerprint density at radius 2 is 2.00 bits per heavy atom. The molecule has 1 aliphatic heterocycles. The van der Waals surface area contributed by atoms with Crippen molar-refractivity contribution >= 4 is 23.1 Å². The minimum Gasteiger partial charge on any atom is -0.489 e. The molecule has 8 heteroatoms. The van der Waals surface area contributed by atoms with E-state index in [4.69, 9.17) is 9.47 Å². The molecule has 1 aliphatic rings. The average molecular weight is 402 g/mol. The molecular weight excluding hydrogens is 380 g/mol. The first-order chi connectivity index (χ1) is 14.6. The monoisotopic (exact) mass is 402 g/mol. The first kappa shape index (κ1) is 18.5. The molecule has 0 unspecified atom stereocenters. The van der Waals surface area contributed by atoms with Gasteiger partial charge in [0.25, 0.3) is 0 Å². The van der Waals surface area contributed by atoms with Crippen LogP contribution in [0.3, 0.4) is 0 Å². The van der Waals surface area contributed by atoms with Gasteiger partial charge in [0, 0.05) is 23.7 Å². The summed E-state index contributed by atoms with van der Waals surface area (Å²) in [6.07, 6.45) is 7.33. The van der Waals surface area contributed by atoms with Gasteiger partial charge in [-0.25, -0.2) is 4.98 Å². The van der Waals surface area contributed by atoms with Gasteiger partial charge in [0.2, 0.25) is 0 Å². The summed E-state index contributed by atoms with van der Waals surface area (Å²) in [6, 6.07) is 5.91. The summed E-state index contributed by atoms with van der Waals surface area (Å²) < 4.78 is 13.9. The number of rotatable bonds is 0. The summed E-state index contributed by atoms with van der Waals surface area (Å²) in [7, 11) is 1.91. The number of fused-ring (bicyclic) bond motifs is 4. The van der Waals surface area contributed by atoms with Crippen molar-refractivity contribution in [2.45, 2.75) is 20.0 Å². The Bertz CT molecular complexity index is 1260. The van der Waals surface area contributed by atoms with Gasteiger partial charge in [0.05, 0.1) is 47.7 Å². The lowest BCUT2D eigenvalue weighted by Gasteiger charge is -2.16. The topological polar surface area (TPSA) is 90.7 Å². The molecule has 0 spiro atoms. The molecule has 0 amide bonds. The SMILES string of the molecule is Cc1ccc2c(n1)/C=C/c1n[nH]c3cnc(cc13)-c1cnn(C)c1[C@@H](C)OCCO2. The van der Waals surface area contributed by atoms with E-state index in [1.807, 2.05) is 62.1 Å². The van der Waals surface area contributed by atoms with Crippen molar-refractivity contribution in [2.75, 3.05) is 13.2 Å². The van der Waals surface area contributed by atoms with Gasteiger partial charge in [-0.05, 0) is 44.2 Å². The molecular formula is C22H22N6O2. The van der Waals surface area contributed by atoms with E-state index in [2.05, 4.69) is 25.3 Å². The van der Waals surface area contributed by atoms with Crippen molar-refractivity contribution < 1.29 is 9.47 Å². The van der Waals surface area contributed by atoms with Gasteiger partial charge < -0.3 is 9.47 Å². The molecule has 152 valence electrons. The minimum atomic E-state index is -0.170. The molecule has 0 aliphatic carbocycles. The lowest BCUT2D eigenvalue weighted by molar-refractivity contribution is 0.0396. The Hall–Kier alpha value is -3.52. The number of hydrogen-bond donors (Lipinski definition) is 1. The molecule has 0 aromatic carbocycles. The van der Waals surface area contributed by atoms with Gasteiger partial charge >= 0.3 is 0 Å². The van der Waals surface area contributed by atoms with E-state index < -0.39 is 0 Å². The van der Waals surface area contributed by atoms with E-state index in [1.54, 1.807) is 6.20 Å². The lowest BCUT2D eigenvalue weighted by Crippen LogP contribution is -2.13. The lowest BCUT2D eigenvalue weighted by atomic mass is 10.1. The second-order valence-electron chi connectivity index (χ2n) is 7.32. The van der Waals surface area contributed by atoms with E-state index in [0.717, 1.165) is 44.9 Å². The first-order valence-corrected chi connectivity index (χ1v) is 9.86. The molecule has 5 rings (SSSR count). The van der Waals surface area contributed by atoms with Gasteiger partial charge in [-0.2, -0.15) is 10.2 Å². The van der Waals surface area contributed by atoms with Crippen LogP contribution >= 0.6 is 0 Å². The number of pyridine rings is 2. The van der Waals surface area contributed by atoms with Crippen LogP contribution < -0.4 is 4.74 Å². The molecule has 0 saturated heterocycles. The summed E-state index contributed by atoms with van der Waals surface area (Å²) in [4.78, 5) is 9.24. The molecule has 2 bridgehead atoms. The van der Waals surface area contributed by atoms with Gasteiger partial charge in [-0.15, -0.1) is 0 Å². The average Bonchev–Trinajstić information content (AvgIpc) is 3.32. The summed E-state index contributed by atoms with van der Waals surface area (Å²) >= 11 is 0. The maximum Gasteiger partial charge on any atom is 0.145 e. The van der Waals surface area contributed by atoms with Crippen molar-refractivity contribution in [2.24, 2.45) is 7.05 Å². The Labute approximate surface area is 173 Å². The number of nitrogens with zero attached hydrogens (tertiary/aromatic N) is 5. The third-order valence-corrected chi connectivity index (χ3v) is 5.26. The molecule has 0 fully saturated rings. The maximum absolute atomic E-state index is 6.06. The molecule has 0 radical (unpaired) electrons. The first-order valence-electron chi connectivity index (χ1n) is 9.86. The van der Waals surface area contributed by atoms with E-state index in [1.165, 1.54) is 0 Å². The van der Waals surface area contributed by atoms with E-state index in [-0.39, 0.29) is 6.10 Å². The van der Waals surface area contributed by atoms with Gasteiger partial charge in [-0.1, -0.05) is 0 Å². The number of aromatic nitrogens is 6. The molecule has 0 saturated carbocycles. The Balaban J connectivity index is 1.68. The molecule has 5 heterocycles. The third-order valence-electron chi connectivity index (χ3n) is 5.26. The number of hydrogen-bond acceptors (Lipinski definition) is 6. The zero-order valence-corrected chi connectivity index (χ0v) is 17.1. The fraction of sp³-hybridized carbons (Fsp3) is 0.273. The quantitative estimate of drug-likeness (QED) is 0.482. The second-order valence-corrected chi connectivity index (χ2v) is 7.32. The number of aromatic amines is 1. The zero-order chi connectivity index (χ0) is 20.7. The van der Waals surface area contributed by atoms with Crippen LogP contribution in [0.15, 0.2) is 30.6 Å².